The van der Waals surface area contributed by atoms with E-state index in [4.69, 9.17) is 5.26 Å². The molecule has 2 nitrogen and oxygen atoms in total. The molecule has 0 spiro atoms. The van der Waals surface area contributed by atoms with E-state index in [-0.39, 0.29) is 6.04 Å². The molecule has 90 valence electrons. The van der Waals surface area contributed by atoms with Crippen LogP contribution in [0.15, 0.2) is 54.6 Å². The van der Waals surface area contributed by atoms with E-state index >= 15 is 0 Å². The summed E-state index contributed by atoms with van der Waals surface area (Å²) in [7, 11) is 0. The molecule has 1 N–H and O–H groups in total. The zero-order valence-electron chi connectivity index (χ0n) is 10.4. The van der Waals surface area contributed by atoms with Crippen molar-refractivity contribution in [1.82, 2.24) is 5.32 Å². The fourth-order valence-corrected chi connectivity index (χ4v) is 1.83. The van der Waals surface area contributed by atoms with Crippen molar-refractivity contribution >= 4 is 0 Å². The fourth-order valence-electron chi connectivity index (χ4n) is 1.83. The number of nitrogens with zero attached hydrogens (tertiary/aromatic N) is 1. The second-order valence-electron chi connectivity index (χ2n) is 4.32. The number of hydrogen-bond donors (Lipinski definition) is 1. The molecule has 1 atom stereocenters. The van der Waals surface area contributed by atoms with E-state index in [9.17, 15) is 0 Å². The van der Waals surface area contributed by atoms with Gasteiger partial charge in [-0.2, -0.15) is 5.26 Å². The van der Waals surface area contributed by atoms with Crippen molar-refractivity contribution < 1.29 is 0 Å². The monoisotopic (exact) mass is 236 g/mol. The quantitative estimate of drug-likeness (QED) is 0.883. The molecule has 0 aliphatic carbocycles. The molecule has 18 heavy (non-hydrogen) atoms. The van der Waals surface area contributed by atoms with E-state index in [1.165, 1.54) is 11.1 Å². The summed E-state index contributed by atoms with van der Waals surface area (Å²) in [5.41, 5.74) is 3.18. The number of benzene rings is 2. The van der Waals surface area contributed by atoms with Gasteiger partial charge >= 0.3 is 0 Å². The van der Waals surface area contributed by atoms with Crippen molar-refractivity contribution in [2.45, 2.75) is 19.5 Å². The lowest BCUT2D eigenvalue weighted by molar-refractivity contribution is 0.575. The van der Waals surface area contributed by atoms with Gasteiger partial charge in [0.15, 0.2) is 0 Å². The Morgan fingerprint density at radius 2 is 1.72 bits per heavy atom. The number of rotatable bonds is 4. The maximum absolute atomic E-state index is 8.75. The first-order chi connectivity index (χ1) is 8.79. The average Bonchev–Trinajstić information content (AvgIpc) is 2.46. The Bertz CT molecular complexity index is 523. The van der Waals surface area contributed by atoms with Crippen molar-refractivity contribution in [1.29, 1.82) is 5.26 Å². The fraction of sp³-hybridized carbons (Fsp3) is 0.188. The van der Waals surface area contributed by atoms with Crippen LogP contribution in [-0.2, 0) is 6.54 Å². The largest absolute Gasteiger partial charge is 0.306 e. The maximum Gasteiger partial charge on any atom is 0.0991 e. The Kier molecular flexibility index (Phi) is 4.11. The van der Waals surface area contributed by atoms with E-state index in [1.807, 2.05) is 42.5 Å². The summed E-state index contributed by atoms with van der Waals surface area (Å²) >= 11 is 0. The van der Waals surface area contributed by atoms with Crippen molar-refractivity contribution in [2.24, 2.45) is 0 Å². The van der Waals surface area contributed by atoms with E-state index in [2.05, 4.69) is 30.4 Å². The summed E-state index contributed by atoms with van der Waals surface area (Å²) in [6.07, 6.45) is 0. The van der Waals surface area contributed by atoms with Gasteiger partial charge in [0.25, 0.3) is 0 Å². The van der Waals surface area contributed by atoms with Crippen molar-refractivity contribution in [3.05, 3.63) is 71.3 Å². The van der Waals surface area contributed by atoms with Crippen molar-refractivity contribution in [2.75, 3.05) is 0 Å². The summed E-state index contributed by atoms with van der Waals surface area (Å²) < 4.78 is 0. The lowest BCUT2D eigenvalue weighted by Gasteiger charge is -2.14. The maximum atomic E-state index is 8.75. The second kappa shape index (κ2) is 6.00. The second-order valence-corrected chi connectivity index (χ2v) is 4.32. The predicted octanol–water partition coefficient (Wildman–Crippen LogP) is 3.41. The minimum absolute atomic E-state index is 0.276. The van der Waals surface area contributed by atoms with Gasteiger partial charge in [-0.3, -0.25) is 0 Å². The van der Waals surface area contributed by atoms with Crippen LogP contribution >= 0.6 is 0 Å². The standard InChI is InChI=1S/C16H16N2/c1-13(16-9-7-14(11-17)8-10-16)18-12-15-5-3-2-4-6-15/h2-10,13,18H,12H2,1H3. The molecule has 0 bridgehead atoms. The highest BCUT2D eigenvalue weighted by atomic mass is 14.9. The Hall–Kier alpha value is -2.11. The molecule has 0 saturated heterocycles. The van der Waals surface area contributed by atoms with E-state index in [1.54, 1.807) is 0 Å². The van der Waals surface area contributed by atoms with E-state index < -0.39 is 0 Å². The Morgan fingerprint density at radius 1 is 1.06 bits per heavy atom. The van der Waals surface area contributed by atoms with Gasteiger partial charge in [0, 0.05) is 12.6 Å². The third-order valence-electron chi connectivity index (χ3n) is 2.99. The van der Waals surface area contributed by atoms with Gasteiger partial charge in [-0.1, -0.05) is 42.5 Å². The van der Waals surface area contributed by atoms with Crippen LogP contribution in [0.4, 0.5) is 0 Å². The first-order valence-electron chi connectivity index (χ1n) is 6.07. The molecule has 2 aromatic carbocycles. The first-order valence-corrected chi connectivity index (χ1v) is 6.07. The molecular formula is C16H16N2. The lowest BCUT2D eigenvalue weighted by atomic mass is 10.1. The molecule has 0 saturated carbocycles. The van der Waals surface area contributed by atoms with Crippen LogP contribution in [0.2, 0.25) is 0 Å². The van der Waals surface area contributed by atoms with Crippen LogP contribution in [0, 0.1) is 11.3 Å². The Labute approximate surface area is 108 Å². The van der Waals surface area contributed by atoms with Crippen LogP contribution in [0.1, 0.15) is 29.7 Å². The smallest absolute Gasteiger partial charge is 0.0991 e. The molecular weight excluding hydrogens is 220 g/mol. The molecule has 0 radical (unpaired) electrons. The summed E-state index contributed by atoms with van der Waals surface area (Å²) in [4.78, 5) is 0. The lowest BCUT2D eigenvalue weighted by Crippen LogP contribution is -2.17. The molecule has 0 heterocycles. The number of nitriles is 1. The third-order valence-corrected chi connectivity index (χ3v) is 2.99. The van der Waals surface area contributed by atoms with Gasteiger partial charge < -0.3 is 5.32 Å². The van der Waals surface area contributed by atoms with Crippen molar-refractivity contribution in [3.63, 3.8) is 0 Å². The van der Waals surface area contributed by atoms with Gasteiger partial charge in [-0.25, -0.2) is 0 Å². The molecule has 0 fully saturated rings. The molecule has 1 unspecified atom stereocenters. The Balaban J connectivity index is 1.95. The van der Waals surface area contributed by atoms with E-state index in [0.717, 1.165) is 6.54 Å². The number of hydrogen-bond acceptors (Lipinski definition) is 2. The van der Waals surface area contributed by atoms with Gasteiger partial charge in [-0.15, -0.1) is 0 Å². The normalized spacial score (nSPS) is 11.8. The molecule has 0 aromatic heterocycles. The highest BCUT2D eigenvalue weighted by molar-refractivity contribution is 5.32. The van der Waals surface area contributed by atoms with Gasteiger partial charge in [0.2, 0.25) is 0 Å². The molecule has 0 aliphatic rings. The zero-order valence-corrected chi connectivity index (χ0v) is 10.4. The van der Waals surface area contributed by atoms with Crippen molar-refractivity contribution in [3.8, 4) is 6.07 Å². The molecule has 2 heteroatoms. The van der Waals surface area contributed by atoms with E-state index in [0.29, 0.717) is 5.56 Å². The van der Waals surface area contributed by atoms with Crippen LogP contribution in [0.5, 0.6) is 0 Å². The predicted molar refractivity (Wildman–Crippen MR) is 72.9 cm³/mol. The average molecular weight is 236 g/mol. The van der Waals surface area contributed by atoms with Crippen LogP contribution in [0.25, 0.3) is 0 Å². The highest BCUT2D eigenvalue weighted by Gasteiger charge is 2.04. The van der Waals surface area contributed by atoms with Crippen LogP contribution < -0.4 is 5.32 Å². The summed E-state index contributed by atoms with van der Waals surface area (Å²) in [6.45, 7) is 2.98. The summed E-state index contributed by atoms with van der Waals surface area (Å²) in [5, 5.41) is 12.2. The molecule has 0 aliphatic heterocycles. The molecule has 2 aromatic rings. The third kappa shape index (κ3) is 3.19. The highest BCUT2D eigenvalue weighted by Crippen LogP contribution is 2.13. The van der Waals surface area contributed by atoms with Gasteiger partial charge in [0.1, 0.15) is 0 Å². The van der Waals surface area contributed by atoms with Gasteiger partial charge in [-0.05, 0) is 30.2 Å². The topological polar surface area (TPSA) is 35.8 Å². The van der Waals surface area contributed by atoms with Crippen LogP contribution in [-0.4, -0.2) is 0 Å². The zero-order chi connectivity index (χ0) is 12.8. The molecule has 2 rings (SSSR count). The summed E-state index contributed by atoms with van der Waals surface area (Å²) in [5.74, 6) is 0. The first kappa shape index (κ1) is 12.3. The van der Waals surface area contributed by atoms with Crippen LogP contribution in [0.3, 0.4) is 0 Å². The van der Waals surface area contributed by atoms with Gasteiger partial charge in [0.05, 0.1) is 11.6 Å². The molecule has 0 amide bonds. The summed E-state index contributed by atoms with van der Waals surface area (Å²) in [6, 6.07) is 20.5. The Morgan fingerprint density at radius 3 is 2.33 bits per heavy atom. The minimum Gasteiger partial charge on any atom is -0.306 e. The minimum atomic E-state index is 0.276. The SMILES string of the molecule is CC(NCc1ccccc1)c1ccc(C#N)cc1. The number of nitrogens with one attached hydrogen (secondary N) is 1.